The van der Waals surface area contributed by atoms with Crippen molar-refractivity contribution in [2.45, 2.75) is 157 Å². The SMILES string of the molecule is CC(C)(C)c1ccc(Oc2cc3c(cc2Oc2ccc(C(C)(C)C)cc2)-c2nc-3nc3[nH]c(nc4nc(nc5[nH]c(n2)c2cc(Oc6ccc(C(C)(C)C)cc6)c(Oc6ccc(C(C)(C)C)cc6)cc52)-c2cc(N5CCOCC5)c(Cl)cc2-4)c2cc(Oc4ccc(C(C)(C)C)cc4)c(Oc4ccc(C(C)(C)C)cc4)cc32)cc1. The van der Waals surface area contributed by atoms with Gasteiger partial charge in [-0.2, -0.15) is 0 Å². The summed E-state index contributed by atoms with van der Waals surface area (Å²) in [4.78, 5) is 43.1. The standard InChI is InChI=1S/C96H96ClN9O7/c1-91(2,3)55-19-31-61(32-20-55)108-77-49-69-71(51-79(77)110-63-35-23-57(24-36-63)93(7,8)9)87-101-85(69)99-83-67-47-75(97)76(106-43-45-107-46-44-106)48-68(67)84(98-83)100-86-70-50-78(109-62-33-21-56(22-34-62)92(4,5)6)80(111-64-37-25-58(26-38-64)94(10,11)12)52-72(70)88(102-86)104-90-74-54-82(113-66-41-29-60(30-42-66)96(16,17)18)81(53-73(74)89(103-87)105-90)112-65-39-27-59(28-40-65)95(13,14)15/h19-42,47-54H,43-46H2,1-18H3,(H2,98,99,100,101,102,103,104,105). The second-order valence-electron chi connectivity index (χ2n) is 35.9. The third kappa shape index (κ3) is 15.8. The van der Waals surface area contributed by atoms with Crippen molar-refractivity contribution in [2.75, 3.05) is 31.2 Å². The van der Waals surface area contributed by atoms with E-state index in [2.05, 4.69) is 218 Å². The molecule has 0 saturated carbocycles. The molecular formula is C96H96ClN9O7. The zero-order valence-corrected chi connectivity index (χ0v) is 68.4. The zero-order valence-electron chi connectivity index (χ0n) is 67.7. The Morgan fingerprint density at radius 1 is 0.283 bits per heavy atom. The lowest BCUT2D eigenvalue weighted by atomic mass is 9.87. The molecule has 0 atom stereocenters. The van der Waals surface area contributed by atoms with Crippen molar-refractivity contribution < 1.29 is 33.2 Å². The fourth-order valence-electron chi connectivity index (χ4n) is 14.2. The highest BCUT2D eigenvalue weighted by Crippen LogP contribution is 2.50. The van der Waals surface area contributed by atoms with Crippen LogP contribution >= 0.6 is 11.6 Å². The second kappa shape index (κ2) is 28.6. The Morgan fingerprint density at radius 2 is 0.496 bits per heavy atom. The molecule has 16 nitrogen and oxygen atoms in total. The topological polar surface area (TPSA) is 177 Å². The summed E-state index contributed by atoms with van der Waals surface area (Å²) in [5.41, 5.74) is 11.3. The smallest absolute Gasteiger partial charge is 0.170 e. The fourth-order valence-corrected chi connectivity index (χ4v) is 14.5. The molecule has 1 saturated heterocycles. The number of aromatic amines is 2. The van der Waals surface area contributed by atoms with Crippen molar-refractivity contribution in [1.29, 1.82) is 0 Å². The minimum Gasteiger partial charge on any atom is -0.453 e. The van der Waals surface area contributed by atoms with Crippen LogP contribution in [0.4, 0.5) is 5.69 Å². The average molecular weight is 1520 g/mol. The van der Waals surface area contributed by atoms with Crippen LogP contribution in [0.1, 0.15) is 158 Å². The van der Waals surface area contributed by atoms with Gasteiger partial charge < -0.3 is 48.0 Å². The minimum absolute atomic E-state index is 0.0980. The van der Waals surface area contributed by atoms with E-state index in [0.29, 0.717) is 190 Å². The Morgan fingerprint density at radius 3 is 0.726 bits per heavy atom. The molecule has 8 bridgehead atoms. The van der Waals surface area contributed by atoms with Crippen LogP contribution < -0.4 is 33.3 Å². The first kappa shape index (κ1) is 75.4. The molecule has 113 heavy (non-hydrogen) atoms. The summed E-state index contributed by atoms with van der Waals surface area (Å²) in [6.07, 6.45) is 0. The van der Waals surface area contributed by atoms with E-state index in [4.69, 9.17) is 74.7 Å². The number of nitrogens with zero attached hydrogens (tertiary/aromatic N) is 7. The highest BCUT2D eigenvalue weighted by molar-refractivity contribution is 6.34. The number of nitrogens with one attached hydrogen (secondary N) is 2. The summed E-state index contributed by atoms with van der Waals surface area (Å²) in [6, 6.07) is 64.8. The summed E-state index contributed by atoms with van der Waals surface area (Å²) in [6.45, 7) is 41.8. The van der Waals surface area contributed by atoms with Crippen LogP contribution in [0.5, 0.6) is 69.0 Å². The van der Waals surface area contributed by atoms with Gasteiger partial charge in [-0.15, -0.1) is 0 Å². The number of anilines is 1. The summed E-state index contributed by atoms with van der Waals surface area (Å²) in [7, 11) is 0. The first-order chi connectivity index (χ1) is 53.6. The van der Waals surface area contributed by atoms with Gasteiger partial charge in [0.05, 0.1) is 23.9 Å². The number of H-pyrrole nitrogens is 2. The van der Waals surface area contributed by atoms with Crippen LogP contribution in [0.15, 0.2) is 194 Å². The molecule has 17 heteroatoms. The van der Waals surface area contributed by atoms with Gasteiger partial charge >= 0.3 is 0 Å². The van der Waals surface area contributed by atoms with Gasteiger partial charge in [-0.1, -0.05) is 209 Å². The molecule has 0 unspecified atom stereocenters. The second-order valence-corrected chi connectivity index (χ2v) is 36.3. The van der Waals surface area contributed by atoms with Crippen LogP contribution in [0.3, 0.4) is 0 Å². The predicted octanol–water partition coefficient (Wildman–Crippen LogP) is 25.9. The lowest BCUT2D eigenvalue weighted by molar-refractivity contribution is 0.122. The molecule has 1 fully saturated rings. The molecule has 10 aromatic carbocycles. The molecule has 0 radical (unpaired) electrons. The number of morpholine rings is 1. The van der Waals surface area contributed by atoms with Crippen molar-refractivity contribution in [3.8, 4) is 115 Å². The normalized spacial score (nSPS) is 13.4. The molecule has 6 heterocycles. The monoisotopic (exact) mass is 1520 g/mol. The van der Waals surface area contributed by atoms with Crippen molar-refractivity contribution in [3.05, 3.63) is 233 Å². The fraction of sp³-hybridized carbons (Fsp3) is 0.292. The maximum Gasteiger partial charge on any atom is 0.170 e. The predicted molar refractivity (Wildman–Crippen MR) is 455 cm³/mol. The van der Waals surface area contributed by atoms with Crippen LogP contribution in [0.25, 0.3) is 89.7 Å². The van der Waals surface area contributed by atoms with Crippen LogP contribution in [-0.2, 0) is 37.2 Å². The van der Waals surface area contributed by atoms with Gasteiger partial charge in [-0.3, -0.25) is 0 Å². The van der Waals surface area contributed by atoms with Crippen LogP contribution in [0.2, 0.25) is 5.02 Å². The van der Waals surface area contributed by atoms with E-state index in [0.717, 1.165) is 39.1 Å². The molecule has 0 amide bonds. The Bertz CT molecular complexity index is 6010. The molecule has 574 valence electrons. The molecule has 3 aliphatic heterocycles. The highest BCUT2D eigenvalue weighted by atomic mass is 35.5. The van der Waals surface area contributed by atoms with Crippen molar-refractivity contribution in [2.24, 2.45) is 0 Å². The van der Waals surface area contributed by atoms with E-state index < -0.39 is 0 Å². The molecule has 16 rings (SSSR count). The van der Waals surface area contributed by atoms with E-state index in [1.807, 2.05) is 115 Å². The number of hydrogen-bond donors (Lipinski definition) is 2. The zero-order chi connectivity index (χ0) is 79.4. The first-order valence-electron chi connectivity index (χ1n) is 38.8. The number of benzene rings is 10. The molecule has 2 N–H and O–H groups in total. The number of rotatable bonds is 13. The lowest BCUT2D eigenvalue weighted by Crippen LogP contribution is -2.36. The van der Waals surface area contributed by atoms with E-state index in [1.54, 1.807) is 0 Å². The lowest BCUT2D eigenvalue weighted by Gasteiger charge is -2.30. The maximum atomic E-state index is 7.51. The highest BCUT2D eigenvalue weighted by Gasteiger charge is 2.31. The maximum absolute atomic E-state index is 7.51. The van der Waals surface area contributed by atoms with Gasteiger partial charge in [0.15, 0.2) is 57.8 Å². The Labute approximate surface area is 665 Å². The van der Waals surface area contributed by atoms with E-state index >= 15 is 0 Å². The average Bonchev–Trinajstić information content (AvgIpc) is 1.62. The first-order valence-corrected chi connectivity index (χ1v) is 39.2. The summed E-state index contributed by atoms with van der Waals surface area (Å²) in [5.74, 6) is 7.42. The van der Waals surface area contributed by atoms with Crippen molar-refractivity contribution in [1.82, 2.24) is 39.9 Å². The van der Waals surface area contributed by atoms with Gasteiger partial charge in [-0.05, 0) is 187 Å². The number of ether oxygens (including phenoxy) is 7. The third-order valence-electron chi connectivity index (χ3n) is 21.1. The quantitative estimate of drug-likeness (QED) is 0.111. The van der Waals surface area contributed by atoms with E-state index in [-0.39, 0.29) is 32.5 Å². The number of aromatic nitrogens is 8. The summed E-state index contributed by atoms with van der Waals surface area (Å²) < 4.78 is 48.1. The van der Waals surface area contributed by atoms with Gasteiger partial charge in [0, 0.05) is 56.9 Å². The van der Waals surface area contributed by atoms with Crippen LogP contribution in [-0.4, -0.2) is 66.2 Å². The number of halogens is 1. The molecule has 3 aliphatic rings. The minimum atomic E-state index is -0.106. The van der Waals surface area contributed by atoms with Crippen molar-refractivity contribution >= 4 is 61.4 Å². The Kier molecular flexibility index (Phi) is 19.1. The van der Waals surface area contributed by atoms with Gasteiger partial charge in [0.1, 0.15) is 57.1 Å². The number of hydrogen-bond acceptors (Lipinski definition) is 14. The molecule has 13 aromatic rings. The molecule has 0 spiro atoms. The Hall–Kier alpha value is -11.6. The van der Waals surface area contributed by atoms with Crippen LogP contribution in [0, 0.1) is 0 Å². The van der Waals surface area contributed by atoms with E-state index in [9.17, 15) is 0 Å². The molecule has 0 aliphatic carbocycles. The molecule has 3 aromatic heterocycles. The van der Waals surface area contributed by atoms with E-state index in [1.165, 1.54) is 0 Å². The number of fused-ring (bicyclic) bond motifs is 20. The van der Waals surface area contributed by atoms with Crippen molar-refractivity contribution in [3.63, 3.8) is 0 Å². The molecular weight excluding hydrogens is 1430 g/mol. The van der Waals surface area contributed by atoms with Gasteiger partial charge in [0.25, 0.3) is 0 Å². The largest absolute Gasteiger partial charge is 0.453 e. The van der Waals surface area contributed by atoms with Gasteiger partial charge in [-0.25, -0.2) is 29.9 Å². The Balaban J connectivity index is 1.00. The van der Waals surface area contributed by atoms with Gasteiger partial charge in [0.2, 0.25) is 0 Å². The third-order valence-corrected chi connectivity index (χ3v) is 21.4. The summed E-state index contributed by atoms with van der Waals surface area (Å²) >= 11 is 7.51. The summed E-state index contributed by atoms with van der Waals surface area (Å²) in [5, 5.41) is 3.06.